The van der Waals surface area contributed by atoms with Crippen molar-refractivity contribution in [2.24, 2.45) is 5.92 Å². The molecule has 1 fully saturated rings. The summed E-state index contributed by atoms with van der Waals surface area (Å²) in [6.07, 6.45) is 3.93. The summed E-state index contributed by atoms with van der Waals surface area (Å²) >= 11 is 7.60. The van der Waals surface area contributed by atoms with E-state index in [1.807, 2.05) is 11.6 Å². The molecule has 2 aromatic rings. The van der Waals surface area contributed by atoms with Crippen molar-refractivity contribution >= 4 is 34.0 Å². The lowest BCUT2D eigenvalue weighted by Gasteiger charge is -2.32. The van der Waals surface area contributed by atoms with E-state index in [0.29, 0.717) is 12.5 Å². The van der Waals surface area contributed by atoms with Crippen molar-refractivity contribution in [2.75, 3.05) is 24.5 Å². The molecule has 0 bridgehead atoms. The molecular formula is C17H19ClFN3OS. The number of aromatic nitrogens is 1. The normalized spacial score (nSPS) is 17.8. The molecule has 4 nitrogen and oxygen atoms in total. The van der Waals surface area contributed by atoms with Crippen molar-refractivity contribution < 1.29 is 9.18 Å². The zero-order chi connectivity index (χ0) is 16.9. The number of anilines is 1. The molecule has 0 saturated carbocycles. The van der Waals surface area contributed by atoms with Crippen molar-refractivity contribution in [3.8, 4) is 0 Å². The molecule has 1 N–H and O–H groups in total. The third-order valence-electron chi connectivity index (χ3n) is 4.20. The van der Waals surface area contributed by atoms with Crippen molar-refractivity contribution in [3.63, 3.8) is 0 Å². The van der Waals surface area contributed by atoms with Gasteiger partial charge in [-0.1, -0.05) is 17.7 Å². The predicted octanol–water partition coefficient (Wildman–Crippen LogP) is 3.51. The molecule has 0 aliphatic carbocycles. The Balaban J connectivity index is 1.51. The second-order valence-corrected chi connectivity index (χ2v) is 7.23. The van der Waals surface area contributed by atoms with Crippen molar-refractivity contribution in [1.29, 1.82) is 0 Å². The van der Waals surface area contributed by atoms with Crippen molar-refractivity contribution in [2.45, 2.75) is 19.3 Å². The molecule has 3 rings (SSSR count). The van der Waals surface area contributed by atoms with Gasteiger partial charge in [0.25, 0.3) is 0 Å². The zero-order valence-corrected chi connectivity index (χ0v) is 14.7. The maximum absolute atomic E-state index is 13.7. The highest BCUT2D eigenvalue weighted by molar-refractivity contribution is 7.13. The van der Waals surface area contributed by atoms with Crippen LogP contribution in [-0.4, -0.2) is 30.5 Å². The van der Waals surface area contributed by atoms with Crippen LogP contribution >= 0.6 is 22.9 Å². The molecule has 1 aromatic carbocycles. The van der Waals surface area contributed by atoms with Gasteiger partial charge in [0.2, 0.25) is 5.91 Å². The molecule has 1 aliphatic rings. The summed E-state index contributed by atoms with van der Waals surface area (Å²) in [6, 6.07) is 4.45. The number of halogens is 2. The molecule has 1 aromatic heterocycles. The Morgan fingerprint density at radius 1 is 1.50 bits per heavy atom. The quantitative estimate of drug-likeness (QED) is 0.879. The number of amides is 1. The lowest BCUT2D eigenvalue weighted by molar-refractivity contribution is -0.120. The molecule has 1 saturated heterocycles. The topological polar surface area (TPSA) is 45.2 Å². The fourth-order valence-electron chi connectivity index (χ4n) is 2.96. The highest BCUT2D eigenvalue weighted by atomic mass is 35.5. The van der Waals surface area contributed by atoms with E-state index in [9.17, 15) is 9.18 Å². The van der Waals surface area contributed by atoms with E-state index < -0.39 is 5.82 Å². The summed E-state index contributed by atoms with van der Waals surface area (Å²) in [7, 11) is 0. The van der Waals surface area contributed by atoms with Gasteiger partial charge < -0.3 is 10.2 Å². The second kappa shape index (κ2) is 7.94. The van der Waals surface area contributed by atoms with Crippen molar-refractivity contribution in [3.05, 3.63) is 46.2 Å². The van der Waals surface area contributed by atoms with E-state index >= 15 is 0 Å². The minimum Gasteiger partial charge on any atom is -0.355 e. The first-order valence-corrected chi connectivity index (χ1v) is 9.23. The Bertz CT molecular complexity index is 675. The van der Waals surface area contributed by atoms with E-state index in [1.54, 1.807) is 17.4 Å². The zero-order valence-electron chi connectivity index (χ0n) is 13.2. The van der Waals surface area contributed by atoms with Crippen molar-refractivity contribution in [1.82, 2.24) is 10.3 Å². The van der Waals surface area contributed by atoms with Gasteiger partial charge in [-0.05, 0) is 30.9 Å². The van der Waals surface area contributed by atoms with E-state index in [0.717, 1.165) is 31.1 Å². The number of thiazole rings is 1. The highest BCUT2D eigenvalue weighted by Crippen LogP contribution is 2.24. The van der Waals surface area contributed by atoms with Gasteiger partial charge in [-0.3, -0.25) is 4.79 Å². The van der Waals surface area contributed by atoms with Crippen LogP contribution in [0.5, 0.6) is 0 Å². The number of nitrogens with one attached hydrogen (secondary N) is 1. The number of carbonyl (C=O) groups is 1. The summed E-state index contributed by atoms with van der Waals surface area (Å²) < 4.78 is 13.7. The third-order valence-corrected chi connectivity index (χ3v) is 5.38. The molecule has 1 aliphatic heterocycles. The fourth-order valence-corrected chi connectivity index (χ4v) is 3.87. The summed E-state index contributed by atoms with van der Waals surface area (Å²) in [6.45, 7) is 2.48. The SMILES string of the molecule is O=C(Cc1c(F)cccc1Cl)NCC1CCCN(c2nccs2)C1. The Kier molecular flexibility index (Phi) is 5.68. The van der Waals surface area contributed by atoms with Crippen LogP contribution in [0.2, 0.25) is 5.02 Å². The molecular weight excluding hydrogens is 349 g/mol. The van der Waals surface area contributed by atoms with Crippen LogP contribution < -0.4 is 10.2 Å². The van der Waals surface area contributed by atoms with Gasteiger partial charge in [-0.25, -0.2) is 9.37 Å². The predicted molar refractivity (Wildman–Crippen MR) is 95.2 cm³/mol. The van der Waals surface area contributed by atoms with Crippen LogP contribution in [0.25, 0.3) is 0 Å². The molecule has 1 unspecified atom stereocenters. The smallest absolute Gasteiger partial charge is 0.224 e. The molecule has 0 radical (unpaired) electrons. The van der Waals surface area contributed by atoms with Gasteiger partial charge in [-0.2, -0.15) is 0 Å². The molecule has 1 atom stereocenters. The van der Waals surface area contributed by atoms with Gasteiger partial charge >= 0.3 is 0 Å². The molecule has 24 heavy (non-hydrogen) atoms. The Labute approximate surface area is 149 Å². The molecule has 2 heterocycles. The van der Waals surface area contributed by atoms with Crippen LogP contribution in [0.1, 0.15) is 18.4 Å². The van der Waals surface area contributed by atoms with Crippen LogP contribution in [0.3, 0.4) is 0 Å². The summed E-state index contributed by atoms with van der Waals surface area (Å²) in [5, 5.41) is 6.21. The largest absolute Gasteiger partial charge is 0.355 e. The average molecular weight is 368 g/mol. The number of hydrogen-bond acceptors (Lipinski definition) is 4. The van der Waals surface area contributed by atoms with E-state index in [-0.39, 0.29) is 22.9 Å². The number of rotatable bonds is 5. The van der Waals surface area contributed by atoms with Gasteiger partial charge in [0, 0.05) is 41.8 Å². The van der Waals surface area contributed by atoms with Crippen LogP contribution in [0, 0.1) is 11.7 Å². The standard InChI is InChI=1S/C17H19ClFN3OS/c18-14-4-1-5-15(19)13(14)9-16(23)21-10-12-3-2-7-22(11-12)17-20-6-8-24-17/h1,4-6,8,12H,2-3,7,9-11H2,(H,21,23). The van der Waals surface area contributed by atoms with Crippen LogP contribution in [0.15, 0.2) is 29.8 Å². The summed E-state index contributed by atoms with van der Waals surface area (Å²) in [5.41, 5.74) is 0.254. The Morgan fingerprint density at radius 2 is 2.38 bits per heavy atom. The molecule has 7 heteroatoms. The Hall–Kier alpha value is -1.66. The minimum atomic E-state index is -0.440. The van der Waals surface area contributed by atoms with Crippen LogP contribution in [0.4, 0.5) is 9.52 Å². The monoisotopic (exact) mass is 367 g/mol. The van der Waals surface area contributed by atoms with Crippen LogP contribution in [-0.2, 0) is 11.2 Å². The summed E-state index contributed by atoms with van der Waals surface area (Å²) in [4.78, 5) is 18.7. The summed E-state index contributed by atoms with van der Waals surface area (Å²) in [5.74, 6) is -0.263. The number of hydrogen-bond donors (Lipinski definition) is 1. The maximum Gasteiger partial charge on any atom is 0.224 e. The van der Waals surface area contributed by atoms with Gasteiger partial charge in [0.05, 0.1) is 6.42 Å². The van der Waals surface area contributed by atoms with Gasteiger partial charge in [0.15, 0.2) is 5.13 Å². The molecule has 0 spiro atoms. The molecule has 1 amide bonds. The number of piperidine rings is 1. The third kappa shape index (κ3) is 4.24. The average Bonchev–Trinajstić information content (AvgIpc) is 3.11. The van der Waals surface area contributed by atoms with E-state index in [1.165, 1.54) is 12.1 Å². The minimum absolute atomic E-state index is 0.0333. The number of nitrogens with zero attached hydrogens (tertiary/aromatic N) is 2. The Morgan fingerprint density at radius 3 is 3.12 bits per heavy atom. The van der Waals surface area contributed by atoms with E-state index in [4.69, 9.17) is 11.6 Å². The first kappa shape index (κ1) is 17.2. The lowest BCUT2D eigenvalue weighted by Crippen LogP contribution is -2.41. The number of carbonyl (C=O) groups excluding carboxylic acids is 1. The maximum atomic E-state index is 13.7. The number of benzene rings is 1. The second-order valence-electron chi connectivity index (χ2n) is 5.95. The first-order chi connectivity index (χ1) is 11.6. The van der Waals surface area contributed by atoms with Gasteiger partial charge in [-0.15, -0.1) is 11.3 Å². The van der Waals surface area contributed by atoms with E-state index in [2.05, 4.69) is 15.2 Å². The lowest BCUT2D eigenvalue weighted by atomic mass is 9.98. The fraction of sp³-hybridized carbons (Fsp3) is 0.412. The first-order valence-electron chi connectivity index (χ1n) is 7.97. The highest BCUT2D eigenvalue weighted by Gasteiger charge is 2.22. The molecule has 128 valence electrons. The van der Waals surface area contributed by atoms with Gasteiger partial charge in [0.1, 0.15) is 5.82 Å².